The van der Waals surface area contributed by atoms with Crippen LogP contribution in [0.5, 0.6) is 11.5 Å². The molecular formula is C12H17ClF3NO2. The molecule has 0 radical (unpaired) electrons. The maximum absolute atomic E-state index is 12.2. The second kappa shape index (κ2) is 7.45. The molecule has 0 unspecified atom stereocenters. The monoisotopic (exact) mass is 299 g/mol. The molecule has 1 aromatic carbocycles. The summed E-state index contributed by atoms with van der Waals surface area (Å²) < 4.78 is 47.0. The van der Waals surface area contributed by atoms with Crippen LogP contribution >= 0.6 is 12.4 Å². The lowest BCUT2D eigenvalue weighted by Crippen LogP contribution is -2.20. The van der Waals surface area contributed by atoms with E-state index in [0.29, 0.717) is 23.7 Å². The summed E-state index contributed by atoms with van der Waals surface area (Å²) in [6.07, 6.45) is -5.35. The van der Waals surface area contributed by atoms with Crippen molar-refractivity contribution >= 4 is 12.4 Å². The summed E-state index contributed by atoms with van der Waals surface area (Å²) in [5.74, 6) is 0.870. The van der Waals surface area contributed by atoms with Crippen LogP contribution in [0.1, 0.15) is 24.9 Å². The largest absolute Gasteiger partial charge is 0.493 e. The average Bonchev–Trinajstić information content (AvgIpc) is 2.27. The predicted molar refractivity (Wildman–Crippen MR) is 69.0 cm³/mol. The van der Waals surface area contributed by atoms with Crippen LogP contribution in [0.4, 0.5) is 13.2 Å². The fraction of sp³-hybridized carbons (Fsp3) is 0.500. The van der Waals surface area contributed by atoms with E-state index >= 15 is 0 Å². The molecule has 0 amide bonds. The first-order valence-electron chi connectivity index (χ1n) is 5.50. The molecule has 0 aliphatic heterocycles. The Kier molecular flexibility index (Phi) is 7.00. The van der Waals surface area contributed by atoms with Gasteiger partial charge in [-0.05, 0) is 24.6 Å². The van der Waals surface area contributed by atoms with Gasteiger partial charge in [0.15, 0.2) is 11.5 Å². The van der Waals surface area contributed by atoms with Crippen LogP contribution in [-0.4, -0.2) is 19.9 Å². The van der Waals surface area contributed by atoms with Crippen LogP contribution in [0.3, 0.4) is 0 Å². The van der Waals surface area contributed by atoms with Crippen molar-refractivity contribution in [2.75, 3.05) is 13.7 Å². The zero-order valence-corrected chi connectivity index (χ0v) is 11.5. The molecule has 0 aromatic heterocycles. The van der Waals surface area contributed by atoms with Crippen LogP contribution in [0.2, 0.25) is 0 Å². The minimum atomic E-state index is -4.29. The predicted octanol–water partition coefficient (Wildman–Crippen LogP) is 3.47. The molecule has 110 valence electrons. The lowest BCUT2D eigenvalue weighted by atomic mass is 10.0. The van der Waals surface area contributed by atoms with Gasteiger partial charge in [0.1, 0.15) is 0 Å². The van der Waals surface area contributed by atoms with Crippen molar-refractivity contribution in [1.29, 1.82) is 0 Å². The highest BCUT2D eigenvalue weighted by molar-refractivity contribution is 5.85. The van der Waals surface area contributed by atoms with Crippen molar-refractivity contribution in [3.8, 4) is 11.5 Å². The molecule has 2 N–H and O–H groups in total. The quantitative estimate of drug-likeness (QED) is 0.905. The first-order valence-corrected chi connectivity index (χ1v) is 5.50. The summed E-state index contributed by atoms with van der Waals surface area (Å²) >= 11 is 0. The van der Waals surface area contributed by atoms with Gasteiger partial charge in [0.2, 0.25) is 0 Å². The SMILES string of the molecule is CCOc1ccc([C@@H](N)CC(F)(F)F)cc1OC.Cl. The van der Waals surface area contributed by atoms with Gasteiger partial charge in [-0.25, -0.2) is 0 Å². The van der Waals surface area contributed by atoms with Crippen molar-refractivity contribution in [2.45, 2.75) is 25.6 Å². The molecular weight excluding hydrogens is 283 g/mol. The Morgan fingerprint density at radius 2 is 1.89 bits per heavy atom. The number of rotatable bonds is 5. The van der Waals surface area contributed by atoms with Crippen LogP contribution in [0, 0.1) is 0 Å². The topological polar surface area (TPSA) is 44.5 Å². The molecule has 1 aromatic rings. The molecule has 1 atom stereocenters. The van der Waals surface area contributed by atoms with Crippen LogP contribution in [0.25, 0.3) is 0 Å². The lowest BCUT2D eigenvalue weighted by Gasteiger charge is -2.16. The highest BCUT2D eigenvalue weighted by Crippen LogP contribution is 2.33. The summed E-state index contributed by atoms with van der Waals surface area (Å²) in [4.78, 5) is 0. The van der Waals surface area contributed by atoms with Gasteiger partial charge in [-0.2, -0.15) is 13.2 Å². The minimum absolute atomic E-state index is 0. The summed E-state index contributed by atoms with van der Waals surface area (Å²) in [6.45, 7) is 2.26. The number of benzene rings is 1. The van der Waals surface area contributed by atoms with Gasteiger partial charge >= 0.3 is 6.18 Å². The summed E-state index contributed by atoms with van der Waals surface area (Å²) in [5, 5.41) is 0. The molecule has 0 aliphatic carbocycles. The van der Waals surface area contributed by atoms with E-state index in [4.69, 9.17) is 15.2 Å². The molecule has 0 heterocycles. The van der Waals surface area contributed by atoms with Crippen molar-refractivity contribution < 1.29 is 22.6 Å². The Morgan fingerprint density at radius 1 is 1.26 bits per heavy atom. The Labute approximate surface area is 116 Å². The standard InChI is InChI=1S/C12H16F3NO2.ClH/c1-3-18-10-5-4-8(6-11(10)17-2)9(16)7-12(13,14)15;/h4-6,9H,3,7,16H2,1-2H3;1H/t9-;/m0./s1. The number of methoxy groups -OCH3 is 1. The number of ether oxygens (including phenoxy) is 2. The van der Waals surface area contributed by atoms with Crippen LogP contribution < -0.4 is 15.2 Å². The Balaban J connectivity index is 0.00000324. The molecule has 0 spiro atoms. The Hall–Kier alpha value is -1.14. The molecule has 0 aliphatic rings. The third kappa shape index (κ3) is 5.57. The molecule has 1 rings (SSSR count). The fourth-order valence-corrected chi connectivity index (χ4v) is 1.56. The zero-order chi connectivity index (χ0) is 13.8. The number of halogens is 4. The number of nitrogens with two attached hydrogens (primary N) is 1. The Bertz CT molecular complexity index is 399. The van der Waals surface area contributed by atoms with Crippen molar-refractivity contribution in [2.24, 2.45) is 5.73 Å². The van der Waals surface area contributed by atoms with E-state index in [1.54, 1.807) is 6.07 Å². The third-order valence-corrected chi connectivity index (χ3v) is 2.37. The zero-order valence-electron chi connectivity index (χ0n) is 10.7. The first kappa shape index (κ1) is 17.9. The van der Waals surface area contributed by atoms with E-state index < -0.39 is 18.6 Å². The lowest BCUT2D eigenvalue weighted by molar-refractivity contribution is -0.138. The van der Waals surface area contributed by atoms with Crippen molar-refractivity contribution in [3.63, 3.8) is 0 Å². The highest BCUT2D eigenvalue weighted by atomic mass is 35.5. The Morgan fingerprint density at radius 3 is 2.37 bits per heavy atom. The van der Waals surface area contributed by atoms with Gasteiger partial charge in [0.05, 0.1) is 20.1 Å². The van der Waals surface area contributed by atoms with E-state index in [0.717, 1.165) is 0 Å². The minimum Gasteiger partial charge on any atom is -0.493 e. The van der Waals surface area contributed by atoms with E-state index in [2.05, 4.69) is 0 Å². The van der Waals surface area contributed by atoms with E-state index in [1.807, 2.05) is 6.92 Å². The highest BCUT2D eigenvalue weighted by Gasteiger charge is 2.31. The van der Waals surface area contributed by atoms with E-state index in [1.165, 1.54) is 19.2 Å². The molecule has 19 heavy (non-hydrogen) atoms. The van der Waals surface area contributed by atoms with E-state index in [9.17, 15) is 13.2 Å². The van der Waals surface area contributed by atoms with Crippen molar-refractivity contribution in [1.82, 2.24) is 0 Å². The van der Waals surface area contributed by atoms with Gasteiger partial charge < -0.3 is 15.2 Å². The van der Waals surface area contributed by atoms with Gasteiger partial charge in [0, 0.05) is 6.04 Å². The maximum atomic E-state index is 12.2. The summed E-state index contributed by atoms with van der Waals surface area (Å²) in [6, 6.07) is 3.45. The van der Waals surface area contributed by atoms with Crippen LogP contribution in [-0.2, 0) is 0 Å². The van der Waals surface area contributed by atoms with Crippen molar-refractivity contribution in [3.05, 3.63) is 23.8 Å². The van der Waals surface area contributed by atoms with Gasteiger partial charge in [-0.15, -0.1) is 12.4 Å². The molecule has 0 bridgehead atoms. The number of hydrogen-bond donors (Lipinski definition) is 1. The maximum Gasteiger partial charge on any atom is 0.390 e. The van der Waals surface area contributed by atoms with E-state index in [-0.39, 0.29) is 12.4 Å². The average molecular weight is 300 g/mol. The first-order chi connectivity index (χ1) is 8.37. The van der Waals surface area contributed by atoms with Gasteiger partial charge in [-0.3, -0.25) is 0 Å². The molecule has 0 fully saturated rings. The number of alkyl halides is 3. The third-order valence-electron chi connectivity index (χ3n) is 2.37. The van der Waals surface area contributed by atoms with Gasteiger partial charge in [-0.1, -0.05) is 6.07 Å². The van der Waals surface area contributed by atoms with Crippen LogP contribution in [0.15, 0.2) is 18.2 Å². The second-order valence-corrected chi connectivity index (χ2v) is 3.77. The fourth-order valence-electron chi connectivity index (χ4n) is 1.56. The smallest absolute Gasteiger partial charge is 0.390 e. The second-order valence-electron chi connectivity index (χ2n) is 3.77. The molecule has 3 nitrogen and oxygen atoms in total. The summed E-state index contributed by atoms with van der Waals surface area (Å²) in [5.41, 5.74) is 5.88. The molecule has 0 saturated carbocycles. The molecule has 0 saturated heterocycles. The van der Waals surface area contributed by atoms with Gasteiger partial charge in [0.25, 0.3) is 0 Å². The summed E-state index contributed by atoms with van der Waals surface area (Å²) in [7, 11) is 1.43. The number of hydrogen-bond acceptors (Lipinski definition) is 3. The molecule has 7 heteroatoms. The normalized spacial score (nSPS) is 12.5.